The molecule has 2 amide bonds. The second-order valence-electron chi connectivity index (χ2n) is 10.7. The van der Waals surface area contributed by atoms with Crippen molar-refractivity contribution in [2.45, 2.75) is 34.8 Å². The Morgan fingerprint density at radius 1 is 0.891 bits per heavy atom. The fraction of sp³-hybridized carbons (Fsp3) is 0.323. The van der Waals surface area contributed by atoms with Crippen LogP contribution in [0.4, 0.5) is 0 Å². The predicted octanol–water partition coefficient (Wildman–Crippen LogP) is 1.57. The van der Waals surface area contributed by atoms with E-state index in [0.29, 0.717) is 24.5 Å². The van der Waals surface area contributed by atoms with E-state index in [2.05, 4.69) is 15.8 Å². The monoisotopic (exact) mass is 669 g/mol. The summed E-state index contributed by atoms with van der Waals surface area (Å²) in [6.07, 6.45) is 3.31. The number of benzene rings is 3. The SMILES string of the molecule is O=C(COc1ccc(/C=N\NC(=O)[C@@H]2CN(S(=O)(=O)c3ccccc3)CCN2S(=O)(=O)c2ccccc2)cc1)NC[C@H]1CCCO1. The minimum atomic E-state index is -4.14. The van der Waals surface area contributed by atoms with Gasteiger partial charge in [0.1, 0.15) is 11.8 Å². The summed E-state index contributed by atoms with van der Waals surface area (Å²) in [4.78, 5) is 25.5. The number of piperazine rings is 1. The number of rotatable bonds is 12. The first-order valence-electron chi connectivity index (χ1n) is 14.7. The van der Waals surface area contributed by atoms with Crippen molar-refractivity contribution in [2.75, 3.05) is 39.4 Å². The van der Waals surface area contributed by atoms with Crippen LogP contribution < -0.4 is 15.5 Å². The number of hydrogen-bond acceptors (Lipinski definition) is 9. The van der Waals surface area contributed by atoms with Crippen molar-refractivity contribution in [3.05, 3.63) is 90.5 Å². The predicted molar refractivity (Wildman–Crippen MR) is 169 cm³/mol. The quantitative estimate of drug-likeness (QED) is 0.217. The highest BCUT2D eigenvalue weighted by Gasteiger charge is 2.43. The van der Waals surface area contributed by atoms with Gasteiger partial charge in [0.05, 0.1) is 22.1 Å². The minimum absolute atomic E-state index is 0.0155. The first-order valence-corrected chi connectivity index (χ1v) is 17.6. The number of hydrazone groups is 1. The highest BCUT2D eigenvalue weighted by Crippen LogP contribution is 2.25. The number of nitrogens with one attached hydrogen (secondary N) is 2. The van der Waals surface area contributed by atoms with Gasteiger partial charge in [-0.3, -0.25) is 9.59 Å². The maximum Gasteiger partial charge on any atom is 0.259 e. The van der Waals surface area contributed by atoms with Crippen LogP contribution in [-0.2, 0) is 34.4 Å². The van der Waals surface area contributed by atoms with Crippen molar-refractivity contribution >= 4 is 38.1 Å². The molecule has 2 aliphatic rings. The molecule has 0 aliphatic carbocycles. The van der Waals surface area contributed by atoms with Gasteiger partial charge in [-0.2, -0.15) is 13.7 Å². The van der Waals surface area contributed by atoms with Crippen LogP contribution in [0.3, 0.4) is 0 Å². The van der Waals surface area contributed by atoms with Gasteiger partial charge in [-0.15, -0.1) is 0 Å². The molecule has 0 saturated carbocycles. The number of nitrogens with zero attached hydrogens (tertiary/aromatic N) is 3. The zero-order valence-electron chi connectivity index (χ0n) is 24.9. The molecule has 5 rings (SSSR count). The Labute approximate surface area is 268 Å². The number of carbonyl (C=O) groups excluding carboxylic acids is 2. The molecular formula is C31H35N5O8S2. The summed E-state index contributed by atoms with van der Waals surface area (Å²) >= 11 is 0. The van der Waals surface area contributed by atoms with Gasteiger partial charge in [0, 0.05) is 32.8 Å². The summed E-state index contributed by atoms with van der Waals surface area (Å²) in [6.45, 7) is 0.222. The number of hydrogen-bond donors (Lipinski definition) is 2. The number of sulfonamides is 2. The molecule has 0 aromatic heterocycles. The van der Waals surface area contributed by atoms with Crippen molar-refractivity contribution in [3.63, 3.8) is 0 Å². The van der Waals surface area contributed by atoms with Crippen molar-refractivity contribution in [1.82, 2.24) is 19.4 Å². The second kappa shape index (κ2) is 15.0. The summed E-state index contributed by atoms with van der Waals surface area (Å²) in [5.74, 6) is -0.597. The van der Waals surface area contributed by atoms with Crippen LogP contribution in [0.15, 0.2) is 99.8 Å². The molecule has 2 fully saturated rings. The Balaban J connectivity index is 1.23. The second-order valence-corrected chi connectivity index (χ2v) is 14.5. The van der Waals surface area contributed by atoms with Crippen LogP contribution in [0.2, 0.25) is 0 Å². The van der Waals surface area contributed by atoms with E-state index in [1.807, 2.05) is 0 Å². The topological polar surface area (TPSA) is 164 Å². The van der Waals surface area contributed by atoms with Gasteiger partial charge in [-0.1, -0.05) is 36.4 Å². The molecule has 0 spiro atoms. The van der Waals surface area contributed by atoms with E-state index in [1.54, 1.807) is 60.7 Å². The Hall–Kier alpha value is -4.15. The lowest BCUT2D eigenvalue weighted by Gasteiger charge is -2.38. The molecule has 2 heterocycles. The highest BCUT2D eigenvalue weighted by molar-refractivity contribution is 7.89. The summed E-state index contributed by atoms with van der Waals surface area (Å²) < 4.78 is 66.9. The van der Waals surface area contributed by atoms with E-state index in [0.717, 1.165) is 21.5 Å². The van der Waals surface area contributed by atoms with Crippen LogP contribution in [-0.4, -0.2) is 95.0 Å². The van der Waals surface area contributed by atoms with E-state index in [-0.39, 0.29) is 41.5 Å². The van der Waals surface area contributed by atoms with Crippen LogP contribution in [0, 0.1) is 0 Å². The molecule has 2 atom stereocenters. The molecule has 3 aromatic carbocycles. The normalized spacial score (nSPS) is 19.6. The van der Waals surface area contributed by atoms with E-state index in [9.17, 15) is 26.4 Å². The average molecular weight is 670 g/mol. The van der Waals surface area contributed by atoms with Gasteiger partial charge in [-0.25, -0.2) is 22.3 Å². The Morgan fingerprint density at radius 2 is 1.54 bits per heavy atom. The van der Waals surface area contributed by atoms with E-state index in [1.165, 1.54) is 30.5 Å². The van der Waals surface area contributed by atoms with E-state index in [4.69, 9.17) is 9.47 Å². The first kappa shape index (κ1) is 33.2. The first-order chi connectivity index (χ1) is 22.1. The molecule has 0 radical (unpaired) electrons. The maximum absolute atomic E-state index is 13.5. The molecule has 46 heavy (non-hydrogen) atoms. The maximum atomic E-state index is 13.5. The molecular weight excluding hydrogens is 635 g/mol. The number of ether oxygens (including phenoxy) is 2. The third kappa shape index (κ3) is 8.16. The summed E-state index contributed by atoms with van der Waals surface area (Å²) in [5.41, 5.74) is 2.95. The summed E-state index contributed by atoms with van der Waals surface area (Å²) in [7, 11) is -8.14. The van der Waals surface area contributed by atoms with Crippen LogP contribution in [0.25, 0.3) is 0 Å². The zero-order chi connectivity index (χ0) is 32.6. The summed E-state index contributed by atoms with van der Waals surface area (Å²) in [5, 5.41) is 6.77. The fourth-order valence-electron chi connectivity index (χ4n) is 5.06. The highest BCUT2D eigenvalue weighted by atomic mass is 32.2. The lowest BCUT2D eigenvalue weighted by Crippen LogP contribution is -2.60. The average Bonchev–Trinajstić information content (AvgIpc) is 3.61. The Kier molecular flexibility index (Phi) is 10.8. The summed E-state index contributed by atoms with van der Waals surface area (Å²) in [6, 6.07) is 20.6. The Morgan fingerprint density at radius 3 is 2.17 bits per heavy atom. The molecule has 0 unspecified atom stereocenters. The molecule has 0 bridgehead atoms. The van der Waals surface area contributed by atoms with Gasteiger partial charge in [0.2, 0.25) is 20.0 Å². The fourth-order valence-corrected chi connectivity index (χ4v) is 8.11. The largest absolute Gasteiger partial charge is 0.484 e. The molecule has 3 aromatic rings. The van der Waals surface area contributed by atoms with Gasteiger partial charge < -0.3 is 14.8 Å². The zero-order valence-corrected chi connectivity index (χ0v) is 26.5. The van der Waals surface area contributed by atoms with E-state index >= 15 is 0 Å². The van der Waals surface area contributed by atoms with Gasteiger partial charge in [0.15, 0.2) is 6.61 Å². The van der Waals surface area contributed by atoms with Crippen molar-refractivity contribution < 1.29 is 35.9 Å². The standard InChI is InChI=1S/C31H35N5O8S2/c37-30(32-21-26-8-7-19-43-26)23-44-25-15-13-24(14-16-25)20-33-34-31(38)29-22-35(45(39,40)27-9-3-1-4-10-27)17-18-36(29)46(41,42)28-11-5-2-6-12-28/h1-6,9-16,20,26,29H,7-8,17-19,21-23H2,(H,32,37)(H,34,38)/b33-20-/t26-,29+/m1/s1. The lowest BCUT2D eigenvalue weighted by molar-refractivity contribution is -0.126. The number of carbonyl (C=O) groups is 2. The molecule has 2 N–H and O–H groups in total. The number of amides is 2. The van der Waals surface area contributed by atoms with Crippen LogP contribution >= 0.6 is 0 Å². The van der Waals surface area contributed by atoms with Crippen LogP contribution in [0.5, 0.6) is 5.75 Å². The lowest BCUT2D eigenvalue weighted by atomic mass is 10.2. The molecule has 2 aliphatic heterocycles. The smallest absolute Gasteiger partial charge is 0.259 e. The van der Waals surface area contributed by atoms with Crippen LogP contribution in [0.1, 0.15) is 18.4 Å². The van der Waals surface area contributed by atoms with E-state index < -0.39 is 38.5 Å². The van der Waals surface area contributed by atoms with Crippen molar-refractivity contribution in [3.8, 4) is 5.75 Å². The van der Waals surface area contributed by atoms with Crippen molar-refractivity contribution in [2.24, 2.45) is 5.10 Å². The third-order valence-electron chi connectivity index (χ3n) is 7.52. The van der Waals surface area contributed by atoms with Gasteiger partial charge in [0.25, 0.3) is 11.8 Å². The minimum Gasteiger partial charge on any atom is -0.484 e. The molecule has 244 valence electrons. The van der Waals surface area contributed by atoms with Gasteiger partial charge >= 0.3 is 0 Å². The molecule has 2 saturated heterocycles. The Bertz CT molecular complexity index is 1730. The molecule has 13 nitrogen and oxygen atoms in total. The van der Waals surface area contributed by atoms with Gasteiger partial charge in [-0.05, 0) is 66.9 Å². The van der Waals surface area contributed by atoms with Crippen molar-refractivity contribution in [1.29, 1.82) is 0 Å². The third-order valence-corrected chi connectivity index (χ3v) is 11.3. The molecule has 15 heteroatoms.